The third-order valence-corrected chi connectivity index (χ3v) is 3.82. The van der Waals surface area contributed by atoms with Gasteiger partial charge in [0.2, 0.25) is 5.88 Å². The van der Waals surface area contributed by atoms with E-state index in [9.17, 15) is 9.59 Å². The molecule has 6 nitrogen and oxygen atoms in total. The van der Waals surface area contributed by atoms with Crippen LogP contribution in [0.2, 0.25) is 0 Å². The summed E-state index contributed by atoms with van der Waals surface area (Å²) in [6.45, 7) is 0. The Bertz CT molecular complexity index is 719. The highest BCUT2D eigenvalue weighted by Gasteiger charge is 2.23. The molecule has 2 rings (SSSR count). The summed E-state index contributed by atoms with van der Waals surface area (Å²) in [7, 11) is 2.81. The van der Waals surface area contributed by atoms with Crippen LogP contribution in [-0.4, -0.2) is 37.1 Å². The summed E-state index contributed by atoms with van der Waals surface area (Å²) in [5, 5.41) is 2.69. The molecule has 0 aliphatic carbocycles. The average Bonchev–Trinajstić information content (AvgIpc) is 2.61. The highest BCUT2D eigenvalue weighted by atomic mass is 79.9. The van der Waals surface area contributed by atoms with Crippen LogP contribution in [0.25, 0.3) is 0 Å². The van der Waals surface area contributed by atoms with Crippen molar-refractivity contribution in [3.8, 4) is 5.88 Å². The highest BCUT2D eigenvalue weighted by Crippen LogP contribution is 2.13. The van der Waals surface area contributed by atoms with Crippen LogP contribution < -0.4 is 10.1 Å². The van der Waals surface area contributed by atoms with Crippen molar-refractivity contribution in [2.75, 3.05) is 14.2 Å². The van der Waals surface area contributed by atoms with E-state index in [4.69, 9.17) is 9.47 Å². The van der Waals surface area contributed by atoms with E-state index in [-0.39, 0.29) is 12.3 Å². The topological polar surface area (TPSA) is 77.5 Å². The van der Waals surface area contributed by atoms with Gasteiger partial charge in [-0.1, -0.05) is 28.1 Å². The van der Waals surface area contributed by atoms with Crippen molar-refractivity contribution in [3.63, 3.8) is 0 Å². The predicted octanol–water partition coefficient (Wildman–Crippen LogP) is 2.37. The molecule has 1 atom stereocenters. The molecule has 0 saturated heterocycles. The average molecular weight is 393 g/mol. The van der Waals surface area contributed by atoms with Crippen LogP contribution in [0.3, 0.4) is 0 Å². The number of hydrogen-bond acceptors (Lipinski definition) is 5. The summed E-state index contributed by atoms with van der Waals surface area (Å²) in [6, 6.07) is 9.59. The van der Waals surface area contributed by atoms with Crippen molar-refractivity contribution >= 4 is 27.8 Å². The van der Waals surface area contributed by atoms with Crippen LogP contribution in [-0.2, 0) is 16.0 Å². The molecule has 1 heterocycles. The fourth-order valence-corrected chi connectivity index (χ4v) is 2.49. The van der Waals surface area contributed by atoms with Crippen LogP contribution in [0.1, 0.15) is 15.9 Å². The van der Waals surface area contributed by atoms with Crippen LogP contribution in [0, 0.1) is 0 Å². The molecule has 0 fully saturated rings. The summed E-state index contributed by atoms with van der Waals surface area (Å²) in [4.78, 5) is 28.4. The number of methoxy groups -OCH3 is 2. The maximum absolute atomic E-state index is 12.3. The quantitative estimate of drug-likeness (QED) is 0.763. The molecule has 1 amide bonds. The van der Waals surface area contributed by atoms with Gasteiger partial charge in [-0.25, -0.2) is 9.78 Å². The van der Waals surface area contributed by atoms with Crippen molar-refractivity contribution in [1.82, 2.24) is 10.3 Å². The Hall–Kier alpha value is -2.41. The van der Waals surface area contributed by atoms with Gasteiger partial charge in [-0.15, -0.1) is 0 Å². The first-order valence-electron chi connectivity index (χ1n) is 7.16. The second-order valence-corrected chi connectivity index (χ2v) is 5.89. The number of nitrogens with one attached hydrogen (secondary N) is 1. The molecular weight excluding hydrogens is 376 g/mol. The van der Waals surface area contributed by atoms with Crippen molar-refractivity contribution in [2.24, 2.45) is 0 Å². The van der Waals surface area contributed by atoms with Crippen LogP contribution in [0.5, 0.6) is 5.88 Å². The number of halogens is 1. The van der Waals surface area contributed by atoms with E-state index in [1.165, 1.54) is 14.2 Å². The molecule has 0 saturated carbocycles. The van der Waals surface area contributed by atoms with Crippen LogP contribution >= 0.6 is 15.9 Å². The monoisotopic (exact) mass is 392 g/mol. The Morgan fingerprint density at radius 3 is 2.62 bits per heavy atom. The smallest absolute Gasteiger partial charge is 0.328 e. The number of pyridine rings is 1. The largest absolute Gasteiger partial charge is 0.481 e. The van der Waals surface area contributed by atoms with Crippen molar-refractivity contribution in [2.45, 2.75) is 12.5 Å². The Balaban J connectivity index is 2.12. The number of amides is 1. The fraction of sp³-hybridized carbons (Fsp3) is 0.235. The molecule has 0 spiro atoms. The third kappa shape index (κ3) is 4.79. The number of aromatic nitrogens is 1. The van der Waals surface area contributed by atoms with Crippen LogP contribution in [0.15, 0.2) is 47.1 Å². The lowest BCUT2D eigenvalue weighted by Gasteiger charge is -2.16. The molecule has 0 aliphatic rings. The first-order chi connectivity index (χ1) is 11.5. The van der Waals surface area contributed by atoms with E-state index in [1.807, 2.05) is 6.07 Å². The van der Waals surface area contributed by atoms with Crippen molar-refractivity contribution < 1.29 is 19.1 Å². The molecule has 126 valence electrons. The number of rotatable bonds is 6. The highest BCUT2D eigenvalue weighted by molar-refractivity contribution is 9.10. The molecule has 7 heteroatoms. The Kier molecular flexibility index (Phi) is 6.31. The number of benzene rings is 1. The normalized spacial score (nSPS) is 11.5. The van der Waals surface area contributed by atoms with E-state index < -0.39 is 12.0 Å². The van der Waals surface area contributed by atoms with Gasteiger partial charge in [0.15, 0.2) is 0 Å². The van der Waals surface area contributed by atoms with Crippen LogP contribution in [0.4, 0.5) is 0 Å². The van der Waals surface area contributed by atoms with Crippen molar-refractivity contribution in [3.05, 3.63) is 58.2 Å². The standard InChI is InChI=1S/C17H17BrN2O4/c1-23-15-7-6-11(10-19-15)8-14(17(22)24-2)20-16(21)12-4-3-5-13(18)9-12/h3-7,9-10,14H,8H2,1-2H3,(H,20,21)/t14-/m0/s1. The number of hydrogen-bond donors (Lipinski definition) is 1. The molecule has 0 radical (unpaired) electrons. The van der Waals surface area contributed by atoms with Gasteiger partial charge in [-0.3, -0.25) is 4.79 Å². The van der Waals surface area contributed by atoms with E-state index >= 15 is 0 Å². The summed E-state index contributed by atoms with van der Waals surface area (Å²) in [5.41, 5.74) is 1.23. The lowest BCUT2D eigenvalue weighted by molar-refractivity contribution is -0.142. The molecule has 0 aliphatic heterocycles. The minimum atomic E-state index is -0.809. The lowest BCUT2D eigenvalue weighted by atomic mass is 10.1. The summed E-state index contributed by atoms with van der Waals surface area (Å²) in [5.74, 6) is -0.395. The first-order valence-corrected chi connectivity index (χ1v) is 7.96. The molecular formula is C17H17BrN2O4. The maximum atomic E-state index is 12.3. The molecule has 0 bridgehead atoms. The van der Waals surface area contributed by atoms with Gasteiger partial charge in [-0.05, 0) is 23.8 Å². The first kappa shape index (κ1) is 17.9. The molecule has 1 aromatic heterocycles. The van der Waals surface area contributed by atoms with Gasteiger partial charge < -0.3 is 14.8 Å². The van der Waals surface area contributed by atoms with Gasteiger partial charge in [0.05, 0.1) is 14.2 Å². The molecule has 2 aromatic rings. The maximum Gasteiger partial charge on any atom is 0.328 e. The second-order valence-electron chi connectivity index (χ2n) is 4.97. The molecule has 24 heavy (non-hydrogen) atoms. The number of carbonyl (C=O) groups excluding carboxylic acids is 2. The molecule has 1 aromatic carbocycles. The lowest BCUT2D eigenvalue weighted by Crippen LogP contribution is -2.43. The molecule has 0 unspecified atom stereocenters. The van der Waals surface area contributed by atoms with E-state index in [1.54, 1.807) is 36.5 Å². The second kappa shape index (κ2) is 8.44. The number of nitrogens with zero attached hydrogens (tertiary/aromatic N) is 1. The van der Waals surface area contributed by atoms with Crippen molar-refractivity contribution in [1.29, 1.82) is 0 Å². The SMILES string of the molecule is COC(=O)[C@H](Cc1ccc(OC)nc1)NC(=O)c1cccc(Br)c1. The van der Waals surface area contributed by atoms with Gasteiger partial charge >= 0.3 is 5.97 Å². The minimum absolute atomic E-state index is 0.267. The number of ether oxygens (including phenoxy) is 2. The number of carbonyl (C=O) groups is 2. The predicted molar refractivity (Wildman–Crippen MR) is 91.9 cm³/mol. The zero-order valence-corrected chi connectivity index (χ0v) is 14.9. The molecule has 1 N–H and O–H groups in total. The Morgan fingerprint density at radius 2 is 2.04 bits per heavy atom. The summed E-state index contributed by atoms with van der Waals surface area (Å²) in [6.07, 6.45) is 1.86. The van der Waals surface area contributed by atoms with Gasteiger partial charge in [0, 0.05) is 28.7 Å². The van der Waals surface area contributed by atoms with Gasteiger partial charge in [0.25, 0.3) is 5.91 Å². The number of esters is 1. The Morgan fingerprint density at radius 1 is 1.25 bits per heavy atom. The zero-order chi connectivity index (χ0) is 17.5. The van der Waals surface area contributed by atoms with E-state index in [2.05, 4.69) is 26.2 Å². The summed E-state index contributed by atoms with van der Waals surface area (Å²) >= 11 is 3.31. The van der Waals surface area contributed by atoms with Gasteiger partial charge in [-0.2, -0.15) is 0 Å². The summed E-state index contributed by atoms with van der Waals surface area (Å²) < 4.78 is 10.6. The Labute approximate surface area is 148 Å². The third-order valence-electron chi connectivity index (χ3n) is 3.32. The van der Waals surface area contributed by atoms with E-state index in [0.717, 1.165) is 10.0 Å². The van der Waals surface area contributed by atoms with E-state index in [0.29, 0.717) is 11.4 Å². The fourth-order valence-electron chi connectivity index (χ4n) is 2.09. The minimum Gasteiger partial charge on any atom is -0.481 e. The zero-order valence-electron chi connectivity index (χ0n) is 13.3. The van der Waals surface area contributed by atoms with Gasteiger partial charge in [0.1, 0.15) is 6.04 Å².